The van der Waals surface area contributed by atoms with Crippen LogP contribution in [-0.2, 0) is 0 Å². The van der Waals surface area contributed by atoms with Gasteiger partial charge in [-0.05, 0) is 39.8 Å². The van der Waals surface area contributed by atoms with E-state index in [4.69, 9.17) is 10.5 Å². The molecule has 4 heteroatoms. The molecule has 102 valence electrons. The summed E-state index contributed by atoms with van der Waals surface area (Å²) in [5.41, 5.74) is 5.69. The lowest BCUT2D eigenvalue weighted by atomic mass is 10.2. The number of hydrogen-bond acceptors (Lipinski definition) is 3. The van der Waals surface area contributed by atoms with E-state index in [1.54, 1.807) is 12.1 Å². The van der Waals surface area contributed by atoms with Gasteiger partial charge >= 0.3 is 0 Å². The van der Waals surface area contributed by atoms with Crippen molar-refractivity contribution in [2.45, 2.75) is 39.8 Å². The fraction of sp³-hybridized carbons (Fsp3) is 0.571. The lowest BCUT2D eigenvalue weighted by molar-refractivity contribution is 0.142. The van der Waals surface area contributed by atoms with Crippen LogP contribution in [0.15, 0.2) is 18.2 Å². The summed E-state index contributed by atoms with van der Waals surface area (Å²) in [4.78, 5) is 2.31. The molecule has 0 bridgehead atoms. The number of para-hydroxylation sites is 1. The number of ether oxygens (including phenoxy) is 1. The summed E-state index contributed by atoms with van der Waals surface area (Å²) in [5.74, 6) is -0.0143. The number of halogens is 1. The normalized spacial score (nSPS) is 11.6. The predicted molar refractivity (Wildman–Crippen MR) is 73.3 cm³/mol. The smallest absolute Gasteiger partial charge is 0.149 e. The summed E-state index contributed by atoms with van der Waals surface area (Å²) < 4.78 is 18.7. The van der Waals surface area contributed by atoms with Crippen molar-refractivity contribution in [1.82, 2.24) is 4.90 Å². The second kappa shape index (κ2) is 6.59. The van der Waals surface area contributed by atoms with Crippen LogP contribution in [0.3, 0.4) is 0 Å². The van der Waals surface area contributed by atoms with Crippen LogP contribution in [0.2, 0.25) is 0 Å². The Bertz CT molecular complexity index is 372. The first-order chi connectivity index (χ1) is 8.43. The van der Waals surface area contributed by atoms with Crippen LogP contribution >= 0.6 is 0 Å². The first-order valence-corrected chi connectivity index (χ1v) is 6.36. The highest BCUT2D eigenvalue weighted by atomic mass is 19.1. The minimum Gasteiger partial charge on any atom is -0.490 e. The third-order valence-corrected chi connectivity index (χ3v) is 2.95. The average Bonchev–Trinajstić information content (AvgIpc) is 2.28. The summed E-state index contributed by atoms with van der Waals surface area (Å²) in [6, 6.07) is 5.53. The summed E-state index contributed by atoms with van der Waals surface area (Å²) >= 11 is 0. The van der Waals surface area contributed by atoms with Gasteiger partial charge in [0, 0.05) is 18.6 Å². The highest BCUT2D eigenvalue weighted by Gasteiger charge is 2.13. The molecule has 0 amide bonds. The zero-order valence-electron chi connectivity index (χ0n) is 11.6. The molecule has 1 aromatic rings. The molecular formula is C14H23FN2O. The van der Waals surface area contributed by atoms with Crippen molar-refractivity contribution >= 4 is 5.69 Å². The van der Waals surface area contributed by atoms with Crippen LogP contribution in [-0.4, -0.2) is 30.1 Å². The Morgan fingerprint density at radius 2 is 1.83 bits per heavy atom. The van der Waals surface area contributed by atoms with Crippen LogP contribution in [0.1, 0.15) is 27.7 Å². The zero-order chi connectivity index (χ0) is 13.7. The third kappa shape index (κ3) is 3.88. The number of nitrogen functional groups attached to an aromatic ring is 1. The van der Waals surface area contributed by atoms with Gasteiger partial charge in [0.25, 0.3) is 0 Å². The Morgan fingerprint density at radius 1 is 1.22 bits per heavy atom. The Labute approximate surface area is 109 Å². The molecule has 0 unspecified atom stereocenters. The summed E-state index contributed by atoms with van der Waals surface area (Å²) in [5, 5.41) is 0. The number of nitrogens with zero attached hydrogens (tertiary/aromatic N) is 1. The van der Waals surface area contributed by atoms with Crippen molar-refractivity contribution in [2.24, 2.45) is 0 Å². The Hall–Kier alpha value is -1.29. The maximum absolute atomic E-state index is 13.2. The Morgan fingerprint density at radius 3 is 2.39 bits per heavy atom. The van der Waals surface area contributed by atoms with Crippen molar-refractivity contribution < 1.29 is 9.13 Å². The number of hydrogen-bond donors (Lipinski definition) is 1. The van der Waals surface area contributed by atoms with Crippen molar-refractivity contribution in [3.63, 3.8) is 0 Å². The average molecular weight is 254 g/mol. The van der Waals surface area contributed by atoms with E-state index in [2.05, 4.69) is 32.6 Å². The summed E-state index contributed by atoms with van der Waals surface area (Å²) in [6.07, 6.45) is 0. The van der Waals surface area contributed by atoms with Crippen molar-refractivity contribution in [2.75, 3.05) is 18.9 Å². The number of nitrogens with two attached hydrogens (primary N) is 1. The van der Waals surface area contributed by atoms with E-state index in [-0.39, 0.29) is 5.69 Å². The van der Waals surface area contributed by atoms with Gasteiger partial charge in [-0.1, -0.05) is 6.07 Å². The van der Waals surface area contributed by atoms with Gasteiger partial charge in [-0.2, -0.15) is 0 Å². The van der Waals surface area contributed by atoms with Gasteiger partial charge < -0.3 is 10.5 Å². The van der Waals surface area contributed by atoms with Gasteiger partial charge in [-0.15, -0.1) is 0 Å². The number of rotatable bonds is 6. The SMILES string of the molecule is CC(C)N(CCOc1cccc(F)c1N)C(C)C. The standard InChI is InChI=1S/C14H23FN2O/c1-10(2)17(11(3)4)8-9-18-13-7-5-6-12(15)14(13)16/h5-7,10-11H,8-9,16H2,1-4H3. The van der Waals surface area contributed by atoms with Gasteiger partial charge in [0.05, 0.1) is 0 Å². The molecule has 0 aliphatic carbocycles. The van der Waals surface area contributed by atoms with E-state index in [0.29, 0.717) is 24.4 Å². The van der Waals surface area contributed by atoms with Gasteiger partial charge in [-0.3, -0.25) is 4.90 Å². The van der Waals surface area contributed by atoms with Crippen LogP contribution < -0.4 is 10.5 Å². The molecular weight excluding hydrogens is 231 g/mol. The Balaban J connectivity index is 2.53. The van der Waals surface area contributed by atoms with Crippen LogP contribution in [0, 0.1) is 5.82 Å². The fourth-order valence-electron chi connectivity index (χ4n) is 2.02. The molecule has 0 saturated heterocycles. The highest BCUT2D eigenvalue weighted by Crippen LogP contribution is 2.23. The van der Waals surface area contributed by atoms with E-state index < -0.39 is 5.82 Å². The molecule has 0 aliphatic heterocycles. The lowest BCUT2D eigenvalue weighted by Crippen LogP contribution is -2.39. The molecule has 2 N–H and O–H groups in total. The zero-order valence-corrected chi connectivity index (χ0v) is 11.6. The quantitative estimate of drug-likeness (QED) is 0.793. The molecule has 0 heterocycles. The van der Waals surface area contributed by atoms with Crippen molar-refractivity contribution in [1.29, 1.82) is 0 Å². The molecule has 0 aliphatic rings. The molecule has 0 aromatic heterocycles. The summed E-state index contributed by atoms with van der Waals surface area (Å²) in [6.45, 7) is 9.90. The third-order valence-electron chi connectivity index (χ3n) is 2.95. The fourth-order valence-corrected chi connectivity index (χ4v) is 2.02. The molecule has 1 rings (SSSR count). The molecule has 0 fully saturated rings. The first-order valence-electron chi connectivity index (χ1n) is 6.36. The largest absolute Gasteiger partial charge is 0.490 e. The van der Waals surface area contributed by atoms with Gasteiger partial charge in [0.2, 0.25) is 0 Å². The first kappa shape index (κ1) is 14.8. The lowest BCUT2D eigenvalue weighted by Gasteiger charge is -2.30. The molecule has 18 heavy (non-hydrogen) atoms. The molecule has 1 aromatic carbocycles. The van der Waals surface area contributed by atoms with E-state index in [0.717, 1.165) is 6.54 Å². The van der Waals surface area contributed by atoms with Gasteiger partial charge in [0.1, 0.15) is 23.9 Å². The highest BCUT2D eigenvalue weighted by molar-refractivity contribution is 5.53. The molecule has 0 spiro atoms. The molecule has 0 saturated carbocycles. The second-order valence-electron chi connectivity index (χ2n) is 4.93. The van der Waals surface area contributed by atoms with Gasteiger partial charge in [-0.25, -0.2) is 4.39 Å². The van der Waals surface area contributed by atoms with Crippen LogP contribution in [0.25, 0.3) is 0 Å². The van der Waals surface area contributed by atoms with Crippen LogP contribution in [0.4, 0.5) is 10.1 Å². The molecule has 3 nitrogen and oxygen atoms in total. The summed E-state index contributed by atoms with van der Waals surface area (Å²) in [7, 11) is 0. The maximum Gasteiger partial charge on any atom is 0.149 e. The minimum absolute atomic E-state index is 0.0816. The van der Waals surface area contributed by atoms with Crippen molar-refractivity contribution in [3.05, 3.63) is 24.0 Å². The number of anilines is 1. The van der Waals surface area contributed by atoms with Crippen LogP contribution in [0.5, 0.6) is 5.75 Å². The molecule has 0 radical (unpaired) electrons. The van der Waals surface area contributed by atoms with Crippen molar-refractivity contribution in [3.8, 4) is 5.75 Å². The van der Waals surface area contributed by atoms with E-state index in [9.17, 15) is 4.39 Å². The monoisotopic (exact) mass is 254 g/mol. The number of benzene rings is 1. The minimum atomic E-state index is -0.433. The molecule has 0 atom stereocenters. The van der Waals surface area contributed by atoms with E-state index in [1.165, 1.54) is 6.07 Å². The van der Waals surface area contributed by atoms with Gasteiger partial charge in [0.15, 0.2) is 0 Å². The second-order valence-corrected chi connectivity index (χ2v) is 4.93. The van der Waals surface area contributed by atoms with E-state index >= 15 is 0 Å². The maximum atomic E-state index is 13.2. The predicted octanol–water partition coefficient (Wildman–Crippen LogP) is 2.91. The van der Waals surface area contributed by atoms with E-state index in [1.807, 2.05) is 0 Å². The topological polar surface area (TPSA) is 38.5 Å². The Kier molecular flexibility index (Phi) is 5.41.